The molecule has 0 radical (unpaired) electrons. The number of nitrogens with one attached hydrogen (secondary N) is 1. The molecule has 2 rings (SSSR count). The van der Waals surface area contributed by atoms with Gasteiger partial charge in [-0.3, -0.25) is 9.69 Å². The summed E-state index contributed by atoms with van der Waals surface area (Å²) >= 11 is 0. The van der Waals surface area contributed by atoms with E-state index in [-0.39, 0.29) is 12.4 Å². The zero-order valence-electron chi connectivity index (χ0n) is 12.1. The van der Waals surface area contributed by atoms with Crippen molar-refractivity contribution in [3.8, 4) is 0 Å². The van der Waals surface area contributed by atoms with Crippen LogP contribution in [0.25, 0.3) is 0 Å². The molecule has 0 aromatic heterocycles. The van der Waals surface area contributed by atoms with Gasteiger partial charge in [0.05, 0.1) is 6.54 Å². The van der Waals surface area contributed by atoms with Crippen LogP contribution in [0.4, 0.5) is 0 Å². The summed E-state index contributed by atoms with van der Waals surface area (Å²) in [7, 11) is 2.01. The highest BCUT2D eigenvalue weighted by Crippen LogP contribution is 2.16. The van der Waals surface area contributed by atoms with Gasteiger partial charge in [-0.05, 0) is 45.3 Å². The Labute approximate surface area is 123 Å². The molecule has 2 aliphatic rings. The molecule has 19 heavy (non-hydrogen) atoms. The Balaban J connectivity index is 0.00000180. The third-order valence-corrected chi connectivity index (χ3v) is 4.18. The molecule has 0 bridgehead atoms. The van der Waals surface area contributed by atoms with E-state index in [9.17, 15) is 4.79 Å². The van der Waals surface area contributed by atoms with Crippen LogP contribution >= 0.6 is 12.4 Å². The first-order valence-electron chi connectivity index (χ1n) is 7.44. The van der Waals surface area contributed by atoms with Gasteiger partial charge in [-0.15, -0.1) is 12.4 Å². The van der Waals surface area contributed by atoms with Crippen molar-refractivity contribution in [2.24, 2.45) is 5.92 Å². The highest BCUT2D eigenvalue weighted by atomic mass is 35.5. The van der Waals surface area contributed by atoms with Gasteiger partial charge in [0.25, 0.3) is 0 Å². The Hall–Kier alpha value is -0.320. The maximum Gasteiger partial charge on any atom is 0.236 e. The number of hydrogen-bond acceptors (Lipinski definition) is 3. The van der Waals surface area contributed by atoms with E-state index in [1.165, 1.54) is 32.1 Å². The molecular formula is C14H28ClN3O. The van der Waals surface area contributed by atoms with E-state index in [2.05, 4.69) is 15.1 Å². The fourth-order valence-corrected chi connectivity index (χ4v) is 3.12. The van der Waals surface area contributed by atoms with Crippen LogP contribution in [0, 0.1) is 5.92 Å². The molecular weight excluding hydrogens is 262 g/mol. The van der Waals surface area contributed by atoms with Crippen molar-refractivity contribution >= 4 is 18.3 Å². The van der Waals surface area contributed by atoms with Crippen LogP contribution in [0.5, 0.6) is 0 Å². The fourth-order valence-electron chi connectivity index (χ4n) is 3.12. The number of halogens is 1. The largest absolute Gasteiger partial charge is 0.342 e. The third kappa shape index (κ3) is 5.28. The Morgan fingerprint density at radius 1 is 1.16 bits per heavy atom. The first-order chi connectivity index (χ1) is 8.79. The van der Waals surface area contributed by atoms with Crippen LogP contribution in [0.3, 0.4) is 0 Å². The minimum atomic E-state index is 0. The van der Waals surface area contributed by atoms with E-state index < -0.39 is 0 Å². The average molecular weight is 290 g/mol. The van der Waals surface area contributed by atoms with E-state index in [1.54, 1.807) is 0 Å². The summed E-state index contributed by atoms with van der Waals surface area (Å²) in [6.45, 7) is 5.85. The summed E-state index contributed by atoms with van der Waals surface area (Å²) in [5.41, 5.74) is 0. The summed E-state index contributed by atoms with van der Waals surface area (Å²) in [5.74, 6) is 1.08. The molecule has 0 saturated carbocycles. The van der Waals surface area contributed by atoms with Crippen molar-refractivity contribution in [2.45, 2.75) is 32.1 Å². The molecule has 0 aliphatic carbocycles. The number of hydrogen-bond donors (Lipinski definition) is 1. The van der Waals surface area contributed by atoms with Crippen LogP contribution in [0.15, 0.2) is 0 Å². The molecule has 1 atom stereocenters. The molecule has 0 aromatic carbocycles. The lowest BCUT2D eigenvalue weighted by atomic mass is 10.1. The van der Waals surface area contributed by atoms with Crippen LogP contribution in [0.1, 0.15) is 32.1 Å². The molecule has 2 heterocycles. The van der Waals surface area contributed by atoms with Crippen molar-refractivity contribution in [2.75, 3.05) is 46.3 Å². The Bertz CT molecular complexity index is 267. The molecule has 1 N–H and O–H groups in total. The minimum Gasteiger partial charge on any atom is -0.342 e. The molecule has 0 spiro atoms. The van der Waals surface area contributed by atoms with Gasteiger partial charge in [0.1, 0.15) is 0 Å². The van der Waals surface area contributed by atoms with Crippen LogP contribution in [-0.4, -0.2) is 62.0 Å². The van der Waals surface area contributed by atoms with Crippen molar-refractivity contribution in [1.82, 2.24) is 15.1 Å². The Morgan fingerprint density at radius 3 is 2.47 bits per heavy atom. The Kier molecular flexibility index (Phi) is 7.73. The van der Waals surface area contributed by atoms with E-state index in [0.29, 0.717) is 12.5 Å². The van der Waals surface area contributed by atoms with Crippen LogP contribution in [0.2, 0.25) is 0 Å². The number of carbonyl (C=O) groups excluding carboxylic acids is 1. The molecule has 1 unspecified atom stereocenters. The number of likely N-dealkylation sites (tertiary alicyclic amines) is 2. The SMILES string of the molecule is CNCC1CCN(CC(=O)N2CCCCCC2)C1.Cl. The van der Waals surface area contributed by atoms with Gasteiger partial charge >= 0.3 is 0 Å². The molecule has 2 saturated heterocycles. The molecule has 2 fully saturated rings. The first-order valence-corrected chi connectivity index (χ1v) is 7.44. The monoisotopic (exact) mass is 289 g/mol. The normalized spacial score (nSPS) is 24.9. The number of rotatable bonds is 4. The number of amides is 1. The predicted octanol–water partition coefficient (Wildman–Crippen LogP) is 1.35. The van der Waals surface area contributed by atoms with E-state index in [4.69, 9.17) is 0 Å². The van der Waals surface area contributed by atoms with Crippen molar-refractivity contribution < 1.29 is 4.79 Å². The average Bonchev–Trinajstić information content (AvgIpc) is 2.65. The third-order valence-electron chi connectivity index (χ3n) is 4.18. The zero-order valence-corrected chi connectivity index (χ0v) is 12.9. The number of nitrogens with zero attached hydrogens (tertiary/aromatic N) is 2. The molecule has 2 aliphatic heterocycles. The summed E-state index contributed by atoms with van der Waals surface area (Å²) in [4.78, 5) is 16.7. The van der Waals surface area contributed by atoms with Gasteiger partial charge < -0.3 is 10.2 Å². The van der Waals surface area contributed by atoms with Crippen LogP contribution in [-0.2, 0) is 4.79 Å². The lowest BCUT2D eigenvalue weighted by Gasteiger charge is -2.24. The molecule has 4 nitrogen and oxygen atoms in total. The second kappa shape index (κ2) is 8.77. The summed E-state index contributed by atoms with van der Waals surface area (Å²) in [5, 5.41) is 3.23. The molecule has 112 valence electrons. The van der Waals surface area contributed by atoms with Gasteiger partial charge in [-0.1, -0.05) is 12.8 Å². The van der Waals surface area contributed by atoms with E-state index >= 15 is 0 Å². The highest BCUT2D eigenvalue weighted by molar-refractivity contribution is 5.85. The lowest BCUT2D eigenvalue weighted by Crippen LogP contribution is -2.40. The Morgan fingerprint density at radius 2 is 1.84 bits per heavy atom. The summed E-state index contributed by atoms with van der Waals surface area (Å²) < 4.78 is 0. The molecule has 0 aromatic rings. The van der Waals surface area contributed by atoms with Gasteiger partial charge in [-0.25, -0.2) is 0 Å². The van der Waals surface area contributed by atoms with Gasteiger partial charge in [0.2, 0.25) is 5.91 Å². The molecule has 1 amide bonds. The standard InChI is InChI=1S/C14H27N3O.ClH/c1-15-10-13-6-9-16(11-13)12-14(18)17-7-4-2-3-5-8-17;/h13,15H,2-12H2,1H3;1H. The summed E-state index contributed by atoms with van der Waals surface area (Å²) in [6.07, 6.45) is 6.19. The van der Waals surface area contributed by atoms with Crippen molar-refractivity contribution in [1.29, 1.82) is 0 Å². The maximum atomic E-state index is 12.2. The smallest absolute Gasteiger partial charge is 0.236 e. The molecule has 5 heteroatoms. The van der Waals surface area contributed by atoms with E-state index in [0.717, 1.165) is 38.6 Å². The second-order valence-corrected chi connectivity index (χ2v) is 5.74. The second-order valence-electron chi connectivity index (χ2n) is 5.74. The summed E-state index contributed by atoms with van der Waals surface area (Å²) in [6, 6.07) is 0. The zero-order chi connectivity index (χ0) is 12.8. The van der Waals surface area contributed by atoms with Gasteiger partial charge in [-0.2, -0.15) is 0 Å². The predicted molar refractivity (Wildman–Crippen MR) is 80.8 cm³/mol. The number of carbonyl (C=O) groups is 1. The lowest BCUT2D eigenvalue weighted by molar-refractivity contribution is -0.132. The highest BCUT2D eigenvalue weighted by Gasteiger charge is 2.25. The minimum absolute atomic E-state index is 0. The maximum absolute atomic E-state index is 12.2. The van der Waals surface area contributed by atoms with Gasteiger partial charge in [0.15, 0.2) is 0 Å². The van der Waals surface area contributed by atoms with Gasteiger partial charge in [0, 0.05) is 19.6 Å². The van der Waals surface area contributed by atoms with Crippen molar-refractivity contribution in [3.05, 3.63) is 0 Å². The fraction of sp³-hybridized carbons (Fsp3) is 0.929. The topological polar surface area (TPSA) is 35.6 Å². The quantitative estimate of drug-likeness (QED) is 0.849. The first kappa shape index (κ1) is 16.7. The van der Waals surface area contributed by atoms with Crippen LogP contribution < -0.4 is 5.32 Å². The van der Waals surface area contributed by atoms with E-state index in [1.807, 2.05) is 7.05 Å². The van der Waals surface area contributed by atoms with Crippen molar-refractivity contribution in [3.63, 3.8) is 0 Å².